The largest absolute Gasteiger partial charge is 0.383 e. The van der Waals surface area contributed by atoms with Gasteiger partial charge in [0.2, 0.25) is 5.91 Å². The van der Waals surface area contributed by atoms with Crippen molar-refractivity contribution < 1.29 is 9.53 Å². The predicted octanol–water partition coefficient (Wildman–Crippen LogP) is 3.00. The first-order valence-electron chi connectivity index (χ1n) is 7.81. The maximum atomic E-state index is 12.5. The van der Waals surface area contributed by atoms with Gasteiger partial charge >= 0.3 is 0 Å². The number of hydrogen-bond donors (Lipinski definition) is 2. The van der Waals surface area contributed by atoms with Crippen LogP contribution in [0.1, 0.15) is 18.1 Å². The molecule has 0 aliphatic carbocycles. The number of nitrogens with two attached hydrogens (primary N) is 1. The number of halogens is 1. The van der Waals surface area contributed by atoms with Crippen molar-refractivity contribution >= 4 is 21.8 Å². The normalized spacial score (nSPS) is 14.7. The third-order valence-corrected chi connectivity index (χ3v) is 4.43. The molecule has 0 heterocycles. The van der Waals surface area contributed by atoms with E-state index in [1.165, 1.54) is 7.11 Å². The van der Waals surface area contributed by atoms with Gasteiger partial charge in [0, 0.05) is 11.6 Å². The molecule has 0 radical (unpaired) electrons. The Hall–Kier alpha value is -1.69. The molecule has 4 nitrogen and oxygen atoms in total. The van der Waals surface area contributed by atoms with E-state index in [9.17, 15) is 4.79 Å². The average molecular weight is 391 g/mol. The lowest BCUT2D eigenvalue weighted by Gasteiger charge is -2.33. The van der Waals surface area contributed by atoms with Gasteiger partial charge in [-0.3, -0.25) is 4.79 Å². The number of carbonyl (C=O) groups excluding carboxylic acids is 1. The smallest absolute Gasteiger partial charge is 0.240 e. The number of amides is 1. The van der Waals surface area contributed by atoms with Crippen LogP contribution in [0.25, 0.3) is 0 Å². The van der Waals surface area contributed by atoms with Crippen LogP contribution in [0.4, 0.5) is 0 Å². The molecule has 0 saturated carbocycles. The van der Waals surface area contributed by atoms with Crippen molar-refractivity contribution in [2.45, 2.75) is 24.9 Å². The summed E-state index contributed by atoms with van der Waals surface area (Å²) in [5.41, 5.74) is 7.47. The Balaban J connectivity index is 2.30. The Labute approximate surface area is 151 Å². The Bertz CT molecular complexity index is 678. The molecule has 0 spiro atoms. The molecule has 3 N–H and O–H groups in total. The summed E-state index contributed by atoms with van der Waals surface area (Å²) < 4.78 is 6.00. The summed E-state index contributed by atoms with van der Waals surface area (Å²) in [6, 6.07) is 17.3. The van der Waals surface area contributed by atoms with Crippen molar-refractivity contribution in [2.75, 3.05) is 13.7 Å². The van der Waals surface area contributed by atoms with Gasteiger partial charge in [-0.05, 0) is 36.6 Å². The molecular formula is C19H23BrN2O2. The number of methoxy groups -OCH3 is 1. The Kier molecular flexibility index (Phi) is 6.54. The van der Waals surface area contributed by atoms with Gasteiger partial charge < -0.3 is 15.8 Å². The van der Waals surface area contributed by atoms with E-state index in [2.05, 4.69) is 27.3 Å². The topological polar surface area (TPSA) is 64.3 Å². The molecule has 0 aromatic heterocycles. The molecule has 5 heteroatoms. The number of ether oxygens (including phenoxy) is 1. The zero-order valence-electron chi connectivity index (χ0n) is 14.0. The highest BCUT2D eigenvalue weighted by Crippen LogP contribution is 2.27. The second kappa shape index (κ2) is 8.42. The molecule has 0 aliphatic heterocycles. The standard InChI is InChI=1S/C19H23BrN2O2/c1-19(15-8-4-3-5-9-15,22-18(23)17(21)13-24-2)12-14-7-6-10-16(20)11-14/h3-11,17H,12-13,21H2,1-2H3,(H,22,23). The van der Waals surface area contributed by atoms with Crippen molar-refractivity contribution in [1.82, 2.24) is 5.32 Å². The van der Waals surface area contributed by atoms with E-state index in [0.29, 0.717) is 6.42 Å². The van der Waals surface area contributed by atoms with Crippen LogP contribution in [-0.2, 0) is 21.5 Å². The molecule has 0 saturated heterocycles. The zero-order valence-corrected chi connectivity index (χ0v) is 15.5. The van der Waals surface area contributed by atoms with Crippen molar-refractivity contribution in [3.63, 3.8) is 0 Å². The van der Waals surface area contributed by atoms with Gasteiger partial charge in [-0.2, -0.15) is 0 Å². The summed E-state index contributed by atoms with van der Waals surface area (Å²) in [5, 5.41) is 3.10. The van der Waals surface area contributed by atoms with Gasteiger partial charge in [-0.25, -0.2) is 0 Å². The molecule has 2 rings (SSSR count). The molecule has 0 bridgehead atoms. The van der Waals surface area contributed by atoms with Crippen LogP contribution in [-0.4, -0.2) is 25.7 Å². The second-order valence-corrected chi connectivity index (χ2v) is 6.97. The molecule has 128 valence electrons. The molecule has 1 amide bonds. The van der Waals surface area contributed by atoms with Crippen molar-refractivity contribution in [2.24, 2.45) is 5.73 Å². The average Bonchev–Trinajstić information content (AvgIpc) is 2.55. The van der Waals surface area contributed by atoms with Gasteiger partial charge in [0.1, 0.15) is 6.04 Å². The summed E-state index contributed by atoms with van der Waals surface area (Å²) in [4.78, 5) is 12.5. The van der Waals surface area contributed by atoms with Crippen LogP contribution < -0.4 is 11.1 Å². The maximum Gasteiger partial charge on any atom is 0.240 e. The van der Waals surface area contributed by atoms with Crippen molar-refractivity contribution in [3.05, 3.63) is 70.2 Å². The highest BCUT2D eigenvalue weighted by atomic mass is 79.9. The summed E-state index contributed by atoms with van der Waals surface area (Å²) in [5.74, 6) is -0.224. The lowest BCUT2D eigenvalue weighted by molar-refractivity contribution is -0.125. The first kappa shape index (κ1) is 18.6. The number of carbonyl (C=O) groups is 1. The lowest BCUT2D eigenvalue weighted by atomic mass is 9.85. The third-order valence-electron chi connectivity index (χ3n) is 3.94. The highest BCUT2D eigenvalue weighted by molar-refractivity contribution is 9.10. The van der Waals surface area contributed by atoms with Gasteiger partial charge in [-0.1, -0.05) is 58.4 Å². The fraction of sp³-hybridized carbons (Fsp3) is 0.316. The maximum absolute atomic E-state index is 12.5. The van der Waals surface area contributed by atoms with Crippen LogP contribution in [0.15, 0.2) is 59.1 Å². The predicted molar refractivity (Wildman–Crippen MR) is 99.6 cm³/mol. The van der Waals surface area contributed by atoms with E-state index in [-0.39, 0.29) is 12.5 Å². The lowest BCUT2D eigenvalue weighted by Crippen LogP contribution is -2.52. The van der Waals surface area contributed by atoms with Gasteiger partial charge in [0.25, 0.3) is 0 Å². The fourth-order valence-electron chi connectivity index (χ4n) is 2.70. The summed E-state index contributed by atoms with van der Waals surface area (Å²) in [7, 11) is 1.53. The molecule has 2 atom stereocenters. The third kappa shape index (κ3) is 4.90. The summed E-state index contributed by atoms with van der Waals surface area (Å²) in [6.45, 7) is 2.20. The minimum atomic E-state index is -0.694. The van der Waals surface area contributed by atoms with Crippen LogP contribution in [0.2, 0.25) is 0 Å². The Morgan fingerprint density at radius 3 is 2.58 bits per heavy atom. The quantitative estimate of drug-likeness (QED) is 0.763. The first-order valence-corrected chi connectivity index (χ1v) is 8.60. The van der Waals surface area contributed by atoms with Crippen molar-refractivity contribution in [3.8, 4) is 0 Å². The Morgan fingerprint density at radius 1 is 1.25 bits per heavy atom. The first-order chi connectivity index (χ1) is 11.4. The Morgan fingerprint density at radius 2 is 1.96 bits per heavy atom. The summed E-state index contributed by atoms with van der Waals surface area (Å²) in [6.07, 6.45) is 0.655. The van der Waals surface area contributed by atoms with E-state index in [4.69, 9.17) is 10.5 Å². The van der Waals surface area contributed by atoms with Crippen LogP contribution in [0.3, 0.4) is 0 Å². The minimum Gasteiger partial charge on any atom is -0.383 e. The highest BCUT2D eigenvalue weighted by Gasteiger charge is 2.30. The molecule has 0 aliphatic rings. The monoisotopic (exact) mass is 390 g/mol. The molecule has 24 heavy (non-hydrogen) atoms. The van der Waals surface area contributed by atoms with Crippen LogP contribution in [0, 0.1) is 0 Å². The molecule has 0 fully saturated rings. The fourth-order valence-corrected chi connectivity index (χ4v) is 3.15. The van der Waals surface area contributed by atoms with E-state index in [1.54, 1.807) is 0 Å². The van der Waals surface area contributed by atoms with Gasteiger partial charge in [0.05, 0.1) is 12.1 Å². The molecule has 2 unspecified atom stereocenters. The number of rotatable bonds is 7. The van der Waals surface area contributed by atoms with Crippen LogP contribution in [0.5, 0.6) is 0 Å². The molecule has 2 aromatic rings. The minimum absolute atomic E-state index is 0.188. The number of benzene rings is 2. The van der Waals surface area contributed by atoms with E-state index < -0.39 is 11.6 Å². The van der Waals surface area contributed by atoms with Crippen LogP contribution >= 0.6 is 15.9 Å². The van der Waals surface area contributed by atoms with E-state index in [1.807, 2.05) is 55.5 Å². The van der Waals surface area contributed by atoms with Gasteiger partial charge in [-0.15, -0.1) is 0 Å². The number of nitrogens with one attached hydrogen (secondary N) is 1. The second-order valence-electron chi connectivity index (χ2n) is 6.06. The van der Waals surface area contributed by atoms with E-state index in [0.717, 1.165) is 15.6 Å². The molecule has 2 aromatic carbocycles. The van der Waals surface area contributed by atoms with Gasteiger partial charge in [0.15, 0.2) is 0 Å². The SMILES string of the molecule is COCC(N)C(=O)NC(C)(Cc1cccc(Br)c1)c1ccccc1. The van der Waals surface area contributed by atoms with Crippen molar-refractivity contribution in [1.29, 1.82) is 0 Å². The number of hydrogen-bond acceptors (Lipinski definition) is 3. The van der Waals surface area contributed by atoms with E-state index >= 15 is 0 Å². The summed E-state index contributed by atoms with van der Waals surface area (Å²) >= 11 is 3.50. The molecular weight excluding hydrogens is 368 g/mol. The zero-order chi connectivity index (χ0) is 17.6.